The van der Waals surface area contributed by atoms with Crippen LogP contribution in [0.3, 0.4) is 0 Å². The van der Waals surface area contributed by atoms with E-state index in [1.807, 2.05) is 19.1 Å². The Morgan fingerprint density at radius 2 is 2.00 bits per heavy atom. The van der Waals surface area contributed by atoms with E-state index in [0.29, 0.717) is 28.5 Å². The van der Waals surface area contributed by atoms with Gasteiger partial charge in [-0.3, -0.25) is 14.7 Å². The number of rotatable bonds is 6. The summed E-state index contributed by atoms with van der Waals surface area (Å²) in [4.78, 5) is 24.3. The topological polar surface area (TPSA) is 83.5 Å². The minimum absolute atomic E-state index is 0.0511. The summed E-state index contributed by atoms with van der Waals surface area (Å²) in [6.45, 7) is 2.29. The van der Waals surface area contributed by atoms with Crippen LogP contribution < -0.4 is 4.90 Å². The van der Waals surface area contributed by atoms with E-state index in [1.165, 1.54) is 32.7 Å². The van der Waals surface area contributed by atoms with Crippen LogP contribution in [0.5, 0.6) is 0 Å². The van der Waals surface area contributed by atoms with Gasteiger partial charge in [-0.2, -0.15) is 4.31 Å². The number of carbonyl (C=O) groups is 1. The highest BCUT2D eigenvalue weighted by Gasteiger charge is 2.42. The Morgan fingerprint density at radius 3 is 2.69 bits per heavy atom. The van der Waals surface area contributed by atoms with Gasteiger partial charge in [-0.15, -0.1) is 0 Å². The van der Waals surface area contributed by atoms with Gasteiger partial charge < -0.3 is 0 Å². The summed E-state index contributed by atoms with van der Waals surface area (Å²) in [6.07, 6.45) is 4.20. The smallest absolute Gasteiger partial charge is 0.247 e. The predicted octanol–water partition coefficient (Wildman–Crippen LogP) is 5.18. The normalized spacial score (nSPS) is 16.5. The molecule has 1 amide bonds. The van der Waals surface area contributed by atoms with Crippen LogP contribution in [0.4, 0.5) is 9.52 Å². The number of aryl methyl sites for hydroxylation is 1. The number of anilines is 1. The Balaban J connectivity index is 1.55. The minimum Gasteiger partial charge on any atom is -0.282 e. The predicted molar refractivity (Wildman–Crippen MR) is 138 cm³/mol. The number of fused-ring (bicyclic) bond motifs is 1. The van der Waals surface area contributed by atoms with Crippen molar-refractivity contribution in [3.8, 4) is 0 Å². The van der Waals surface area contributed by atoms with E-state index in [2.05, 4.69) is 4.98 Å². The molecule has 2 aromatic carbocycles. The van der Waals surface area contributed by atoms with E-state index in [-0.39, 0.29) is 23.9 Å². The zero-order valence-corrected chi connectivity index (χ0v) is 21.7. The third-order valence-electron chi connectivity index (χ3n) is 6.16. The molecule has 0 bridgehead atoms. The fourth-order valence-corrected chi connectivity index (χ4v) is 7.29. The van der Waals surface area contributed by atoms with E-state index in [1.54, 1.807) is 24.5 Å². The second-order valence-corrected chi connectivity index (χ2v) is 11.8. The quantitative estimate of drug-likeness (QED) is 0.334. The van der Waals surface area contributed by atoms with Gasteiger partial charge in [-0.1, -0.05) is 35.1 Å². The van der Waals surface area contributed by atoms with E-state index >= 15 is 0 Å². The van der Waals surface area contributed by atoms with Gasteiger partial charge in [0.15, 0.2) is 5.13 Å². The van der Waals surface area contributed by atoms with Gasteiger partial charge in [0, 0.05) is 18.9 Å². The molecule has 0 radical (unpaired) electrons. The molecule has 1 aliphatic heterocycles. The molecule has 3 heterocycles. The molecule has 1 fully saturated rings. The van der Waals surface area contributed by atoms with Crippen LogP contribution >= 0.6 is 22.9 Å². The van der Waals surface area contributed by atoms with Gasteiger partial charge in [0.25, 0.3) is 0 Å². The number of aromatic nitrogens is 2. The lowest BCUT2D eigenvalue weighted by atomic mass is 10.2. The molecule has 2 aromatic heterocycles. The summed E-state index contributed by atoms with van der Waals surface area (Å²) >= 11 is 7.71. The molecular weight excluding hydrogens is 523 g/mol. The van der Waals surface area contributed by atoms with Crippen molar-refractivity contribution in [2.45, 2.75) is 37.2 Å². The van der Waals surface area contributed by atoms with Gasteiger partial charge in [0.1, 0.15) is 11.9 Å². The minimum atomic E-state index is -4.01. The van der Waals surface area contributed by atoms with Crippen molar-refractivity contribution in [2.75, 3.05) is 11.4 Å². The van der Waals surface area contributed by atoms with Crippen molar-refractivity contribution in [1.29, 1.82) is 0 Å². The lowest BCUT2D eigenvalue weighted by Crippen LogP contribution is -2.47. The number of sulfonamides is 1. The van der Waals surface area contributed by atoms with Gasteiger partial charge in [-0.05, 0) is 67.3 Å². The molecule has 7 nitrogen and oxygen atoms in total. The Bertz CT molecular complexity index is 1490. The van der Waals surface area contributed by atoms with Crippen molar-refractivity contribution in [1.82, 2.24) is 14.3 Å². The summed E-state index contributed by atoms with van der Waals surface area (Å²) in [5.41, 5.74) is 2.40. The van der Waals surface area contributed by atoms with Crippen LogP contribution in [0.1, 0.15) is 24.0 Å². The summed E-state index contributed by atoms with van der Waals surface area (Å²) in [5.74, 6) is -0.912. The average Bonchev–Trinajstić information content (AvgIpc) is 3.54. The number of amides is 1. The van der Waals surface area contributed by atoms with E-state index in [4.69, 9.17) is 16.6 Å². The molecule has 1 aliphatic rings. The van der Waals surface area contributed by atoms with Gasteiger partial charge >= 0.3 is 0 Å². The van der Waals surface area contributed by atoms with Crippen LogP contribution in [0.25, 0.3) is 10.2 Å². The molecule has 4 aromatic rings. The number of hydrogen-bond acceptors (Lipinski definition) is 6. The van der Waals surface area contributed by atoms with Crippen molar-refractivity contribution in [3.63, 3.8) is 0 Å². The molecule has 0 aliphatic carbocycles. The standard InChI is InChI=1S/C25H22ClFN4O3S2/c1-16-6-11-20(26)23-22(16)29-25(35-23)30(15-17-4-2-12-28-14-17)24(32)21-5-3-13-31(21)36(33,34)19-9-7-18(27)8-10-19/h2,4,6-12,14,21H,3,5,13,15H2,1H3. The zero-order valence-electron chi connectivity index (χ0n) is 19.3. The first-order chi connectivity index (χ1) is 17.3. The number of hydrogen-bond donors (Lipinski definition) is 0. The monoisotopic (exact) mass is 544 g/mol. The molecule has 0 saturated carbocycles. The number of benzene rings is 2. The second-order valence-electron chi connectivity index (χ2n) is 8.55. The van der Waals surface area contributed by atoms with Gasteiger partial charge in [0.05, 0.1) is 26.7 Å². The lowest BCUT2D eigenvalue weighted by Gasteiger charge is -2.28. The molecule has 1 atom stereocenters. The number of nitrogens with zero attached hydrogens (tertiary/aromatic N) is 4. The third kappa shape index (κ3) is 4.61. The molecule has 1 unspecified atom stereocenters. The van der Waals surface area contributed by atoms with Crippen LogP contribution in [-0.4, -0.2) is 41.2 Å². The van der Waals surface area contributed by atoms with Crippen molar-refractivity contribution < 1.29 is 17.6 Å². The van der Waals surface area contributed by atoms with Crippen LogP contribution in [0.15, 0.2) is 65.8 Å². The number of halogens is 2. The average molecular weight is 545 g/mol. The van der Waals surface area contributed by atoms with Crippen LogP contribution in [-0.2, 0) is 21.4 Å². The van der Waals surface area contributed by atoms with Crippen LogP contribution in [0, 0.1) is 12.7 Å². The fraction of sp³-hybridized carbons (Fsp3) is 0.240. The molecule has 0 spiro atoms. The first-order valence-corrected chi connectivity index (χ1v) is 13.9. The second kappa shape index (κ2) is 9.85. The maximum absolute atomic E-state index is 14.0. The summed E-state index contributed by atoms with van der Waals surface area (Å²) < 4.78 is 42.2. The molecule has 0 N–H and O–H groups in total. The number of pyridine rings is 1. The molecule has 36 heavy (non-hydrogen) atoms. The highest BCUT2D eigenvalue weighted by atomic mass is 35.5. The lowest BCUT2D eigenvalue weighted by molar-refractivity contribution is -0.121. The van der Waals surface area contributed by atoms with E-state index in [9.17, 15) is 17.6 Å². The number of carbonyl (C=O) groups excluding carboxylic acids is 1. The highest BCUT2D eigenvalue weighted by molar-refractivity contribution is 7.89. The highest BCUT2D eigenvalue weighted by Crippen LogP contribution is 2.37. The van der Waals surface area contributed by atoms with Gasteiger partial charge in [0.2, 0.25) is 15.9 Å². The first-order valence-electron chi connectivity index (χ1n) is 11.3. The van der Waals surface area contributed by atoms with Crippen molar-refractivity contribution in [2.24, 2.45) is 0 Å². The first kappa shape index (κ1) is 24.8. The molecule has 186 valence electrons. The Labute approximate surface area is 217 Å². The zero-order chi connectivity index (χ0) is 25.4. The van der Waals surface area contributed by atoms with Crippen molar-refractivity contribution >= 4 is 54.2 Å². The van der Waals surface area contributed by atoms with Gasteiger partial charge in [-0.25, -0.2) is 17.8 Å². The number of thiazole rings is 1. The molecule has 11 heteroatoms. The SMILES string of the molecule is Cc1ccc(Cl)c2sc(N(Cc3cccnc3)C(=O)C3CCCN3S(=O)(=O)c3ccc(F)cc3)nc12. The van der Waals surface area contributed by atoms with E-state index in [0.717, 1.165) is 28.0 Å². The van der Waals surface area contributed by atoms with Crippen LogP contribution in [0.2, 0.25) is 5.02 Å². The van der Waals surface area contributed by atoms with Crippen molar-refractivity contribution in [3.05, 3.63) is 82.9 Å². The summed E-state index contributed by atoms with van der Waals surface area (Å²) in [7, 11) is -4.01. The molecule has 5 rings (SSSR count). The van der Waals surface area contributed by atoms with E-state index < -0.39 is 21.9 Å². The molecule has 1 saturated heterocycles. The maximum atomic E-state index is 14.0. The maximum Gasteiger partial charge on any atom is 0.247 e. The third-order valence-corrected chi connectivity index (χ3v) is 9.62. The Hall–Kier alpha value is -2.92. The summed E-state index contributed by atoms with van der Waals surface area (Å²) in [5, 5.41) is 0.968. The summed E-state index contributed by atoms with van der Waals surface area (Å²) in [6, 6.07) is 11.0. The Kier molecular flexibility index (Phi) is 6.78. The Morgan fingerprint density at radius 1 is 1.22 bits per heavy atom. The largest absolute Gasteiger partial charge is 0.282 e. The molecular formula is C25H22ClFN4O3S2. The fourth-order valence-electron chi connectivity index (χ4n) is 4.32.